The van der Waals surface area contributed by atoms with Crippen LogP contribution in [-0.4, -0.2) is 36.5 Å². The summed E-state index contributed by atoms with van der Waals surface area (Å²) in [6.07, 6.45) is 4.74. The van der Waals surface area contributed by atoms with Crippen LogP contribution in [0.5, 0.6) is 0 Å². The van der Waals surface area contributed by atoms with Gasteiger partial charge < -0.3 is 10.2 Å². The van der Waals surface area contributed by atoms with E-state index in [1.807, 2.05) is 11.8 Å². The zero-order valence-corrected chi connectivity index (χ0v) is 12.3. The molecule has 1 heterocycles. The molecule has 2 atom stereocenters. The van der Waals surface area contributed by atoms with Gasteiger partial charge in [-0.15, -0.1) is 0 Å². The molecule has 2 unspecified atom stereocenters. The first kappa shape index (κ1) is 13.6. The fourth-order valence-electron chi connectivity index (χ4n) is 3.34. The van der Waals surface area contributed by atoms with Crippen molar-refractivity contribution < 1.29 is 4.79 Å². The predicted molar refractivity (Wildman–Crippen MR) is 80.8 cm³/mol. The summed E-state index contributed by atoms with van der Waals surface area (Å²) < 4.78 is 0. The Bertz CT molecular complexity index is 480. The first-order valence-corrected chi connectivity index (χ1v) is 7.85. The van der Waals surface area contributed by atoms with Gasteiger partial charge in [0, 0.05) is 25.6 Å². The third-order valence-electron chi connectivity index (χ3n) is 4.67. The summed E-state index contributed by atoms with van der Waals surface area (Å²) in [6.45, 7) is 4.80. The van der Waals surface area contributed by atoms with Crippen molar-refractivity contribution in [1.29, 1.82) is 0 Å². The van der Waals surface area contributed by atoms with Gasteiger partial charge in [0.2, 0.25) is 5.91 Å². The highest BCUT2D eigenvalue weighted by Crippen LogP contribution is 2.34. The molecule has 1 aromatic carbocycles. The summed E-state index contributed by atoms with van der Waals surface area (Å²) >= 11 is 0. The fraction of sp³-hybridized carbons (Fsp3) is 0.588. The number of carbonyl (C=O) groups excluding carboxylic acids is 1. The molecule has 3 nitrogen and oxygen atoms in total. The van der Waals surface area contributed by atoms with Gasteiger partial charge >= 0.3 is 0 Å². The van der Waals surface area contributed by atoms with Gasteiger partial charge in [0.15, 0.2) is 0 Å². The second kappa shape index (κ2) is 5.96. The molecule has 1 fully saturated rings. The largest absolute Gasteiger partial charge is 0.341 e. The zero-order chi connectivity index (χ0) is 13.9. The summed E-state index contributed by atoms with van der Waals surface area (Å²) in [5, 5.41) is 3.43. The van der Waals surface area contributed by atoms with E-state index in [4.69, 9.17) is 0 Å². The number of nitrogens with one attached hydrogen (secondary N) is 1. The van der Waals surface area contributed by atoms with Crippen LogP contribution >= 0.6 is 0 Å². The summed E-state index contributed by atoms with van der Waals surface area (Å²) in [5.74, 6) is 0.861. The number of benzene rings is 1. The summed E-state index contributed by atoms with van der Waals surface area (Å²) in [6, 6.07) is 8.57. The number of rotatable bonds is 4. The molecule has 3 rings (SSSR count). The van der Waals surface area contributed by atoms with Crippen LogP contribution in [0.1, 0.15) is 43.2 Å². The van der Waals surface area contributed by atoms with Crippen LogP contribution < -0.4 is 5.32 Å². The van der Waals surface area contributed by atoms with Gasteiger partial charge in [-0.25, -0.2) is 0 Å². The maximum atomic E-state index is 12.3. The minimum atomic E-state index is -0.0548. The Hall–Kier alpha value is -1.35. The van der Waals surface area contributed by atoms with Crippen LogP contribution in [0.15, 0.2) is 24.3 Å². The molecule has 1 aliphatic carbocycles. The number of hydrogen-bond donors (Lipinski definition) is 1. The van der Waals surface area contributed by atoms with Crippen LogP contribution in [-0.2, 0) is 11.2 Å². The van der Waals surface area contributed by atoms with Crippen molar-refractivity contribution in [2.75, 3.05) is 19.6 Å². The van der Waals surface area contributed by atoms with E-state index in [0.29, 0.717) is 5.92 Å². The Kier molecular flexibility index (Phi) is 4.06. The zero-order valence-electron chi connectivity index (χ0n) is 12.3. The SMILES string of the molecule is CC(NCC1Cc2ccccc21)C(=O)N1CCCCC1. The first-order valence-electron chi connectivity index (χ1n) is 7.85. The smallest absolute Gasteiger partial charge is 0.239 e. The molecule has 0 bridgehead atoms. The molecule has 1 aromatic rings. The standard InChI is InChI=1S/C17H24N2O/c1-13(17(20)19-9-5-2-6-10-19)18-12-15-11-14-7-3-4-8-16(14)15/h3-4,7-8,13,15,18H,2,5-6,9-12H2,1H3. The van der Waals surface area contributed by atoms with E-state index in [1.54, 1.807) is 0 Å². The molecule has 20 heavy (non-hydrogen) atoms. The molecule has 1 saturated heterocycles. The average molecular weight is 272 g/mol. The van der Waals surface area contributed by atoms with Crippen molar-refractivity contribution in [3.63, 3.8) is 0 Å². The van der Waals surface area contributed by atoms with Crippen molar-refractivity contribution in [3.8, 4) is 0 Å². The van der Waals surface area contributed by atoms with Crippen LogP contribution in [0.2, 0.25) is 0 Å². The van der Waals surface area contributed by atoms with E-state index in [9.17, 15) is 4.79 Å². The summed E-state index contributed by atoms with van der Waals surface area (Å²) in [7, 11) is 0. The second-order valence-corrected chi connectivity index (χ2v) is 6.12. The lowest BCUT2D eigenvalue weighted by atomic mass is 9.77. The normalized spacial score (nSPS) is 22.9. The number of carbonyl (C=O) groups is 1. The van der Waals surface area contributed by atoms with Gasteiger partial charge in [-0.2, -0.15) is 0 Å². The van der Waals surface area contributed by atoms with E-state index >= 15 is 0 Å². The Labute approximate surface area is 121 Å². The fourth-order valence-corrected chi connectivity index (χ4v) is 3.34. The maximum absolute atomic E-state index is 12.3. The van der Waals surface area contributed by atoms with Gasteiger partial charge in [-0.05, 0) is 43.7 Å². The number of piperidine rings is 1. The Morgan fingerprint density at radius 2 is 2.05 bits per heavy atom. The van der Waals surface area contributed by atoms with Crippen LogP contribution in [0.3, 0.4) is 0 Å². The second-order valence-electron chi connectivity index (χ2n) is 6.12. The Morgan fingerprint density at radius 1 is 1.30 bits per heavy atom. The third kappa shape index (κ3) is 2.73. The molecule has 0 radical (unpaired) electrons. The number of hydrogen-bond acceptors (Lipinski definition) is 2. The average Bonchev–Trinajstić information content (AvgIpc) is 2.48. The van der Waals surface area contributed by atoms with Crippen molar-refractivity contribution in [2.24, 2.45) is 0 Å². The van der Waals surface area contributed by atoms with Crippen LogP contribution in [0, 0.1) is 0 Å². The van der Waals surface area contributed by atoms with Gasteiger partial charge in [-0.1, -0.05) is 24.3 Å². The molecule has 3 heteroatoms. The maximum Gasteiger partial charge on any atom is 0.239 e. The van der Waals surface area contributed by atoms with E-state index in [1.165, 1.54) is 17.5 Å². The minimum Gasteiger partial charge on any atom is -0.341 e. The monoisotopic (exact) mass is 272 g/mol. The van der Waals surface area contributed by atoms with Gasteiger partial charge in [-0.3, -0.25) is 4.79 Å². The molecule has 1 aliphatic heterocycles. The van der Waals surface area contributed by atoms with Crippen molar-refractivity contribution in [1.82, 2.24) is 10.2 Å². The lowest BCUT2D eigenvalue weighted by Gasteiger charge is -2.33. The molecule has 1 N–H and O–H groups in total. The minimum absolute atomic E-state index is 0.0548. The molecule has 2 aliphatic rings. The Morgan fingerprint density at radius 3 is 2.80 bits per heavy atom. The number of amides is 1. The van der Waals surface area contributed by atoms with Gasteiger partial charge in [0.25, 0.3) is 0 Å². The summed E-state index contributed by atoms with van der Waals surface area (Å²) in [4.78, 5) is 14.3. The highest BCUT2D eigenvalue weighted by atomic mass is 16.2. The highest BCUT2D eigenvalue weighted by molar-refractivity contribution is 5.81. The first-order chi connectivity index (χ1) is 9.75. The highest BCUT2D eigenvalue weighted by Gasteiger charge is 2.27. The van der Waals surface area contributed by atoms with Crippen LogP contribution in [0.4, 0.5) is 0 Å². The predicted octanol–water partition coefficient (Wildman–Crippen LogP) is 2.32. The molecular weight excluding hydrogens is 248 g/mol. The van der Waals surface area contributed by atoms with E-state index in [0.717, 1.165) is 38.9 Å². The molecule has 108 valence electrons. The third-order valence-corrected chi connectivity index (χ3v) is 4.67. The molecule has 0 saturated carbocycles. The van der Waals surface area contributed by atoms with Gasteiger partial charge in [0.05, 0.1) is 6.04 Å². The topological polar surface area (TPSA) is 32.3 Å². The van der Waals surface area contributed by atoms with E-state index in [-0.39, 0.29) is 11.9 Å². The molecule has 0 spiro atoms. The number of fused-ring (bicyclic) bond motifs is 1. The van der Waals surface area contributed by atoms with E-state index in [2.05, 4.69) is 29.6 Å². The Balaban J connectivity index is 1.48. The number of nitrogens with zero attached hydrogens (tertiary/aromatic N) is 1. The summed E-state index contributed by atoms with van der Waals surface area (Å²) in [5.41, 5.74) is 2.92. The van der Waals surface area contributed by atoms with E-state index < -0.39 is 0 Å². The lowest BCUT2D eigenvalue weighted by Crippen LogP contribution is -2.48. The quantitative estimate of drug-likeness (QED) is 0.912. The van der Waals surface area contributed by atoms with Crippen molar-refractivity contribution >= 4 is 5.91 Å². The molecule has 0 aromatic heterocycles. The van der Waals surface area contributed by atoms with Gasteiger partial charge in [0.1, 0.15) is 0 Å². The molecule has 1 amide bonds. The lowest BCUT2D eigenvalue weighted by molar-refractivity contribution is -0.133. The van der Waals surface area contributed by atoms with Crippen LogP contribution in [0.25, 0.3) is 0 Å². The molecular formula is C17H24N2O. The van der Waals surface area contributed by atoms with Crippen molar-refractivity contribution in [3.05, 3.63) is 35.4 Å². The number of likely N-dealkylation sites (tertiary alicyclic amines) is 1. The van der Waals surface area contributed by atoms with Crippen molar-refractivity contribution in [2.45, 2.75) is 44.6 Å².